The molecular formula is C16H24ClNO. The molecular weight excluding hydrogens is 258 g/mol. The molecule has 0 radical (unpaired) electrons. The van der Waals surface area contributed by atoms with Crippen LogP contribution in [0.15, 0.2) is 24.3 Å². The van der Waals surface area contributed by atoms with Crippen LogP contribution < -0.4 is 5.32 Å². The SMILES string of the molecule is CCNCC(CCC1CCCO1)c1ccc(Cl)cc1. The molecule has 2 nitrogen and oxygen atoms in total. The van der Waals surface area contributed by atoms with E-state index >= 15 is 0 Å². The van der Waals surface area contributed by atoms with Gasteiger partial charge in [0.15, 0.2) is 0 Å². The predicted octanol–water partition coefficient (Wildman–Crippen LogP) is 3.99. The second-order valence-corrected chi connectivity index (χ2v) is 5.70. The van der Waals surface area contributed by atoms with Crippen LogP contribution in [-0.2, 0) is 4.74 Å². The highest BCUT2D eigenvalue weighted by atomic mass is 35.5. The van der Waals surface area contributed by atoms with Gasteiger partial charge in [-0.25, -0.2) is 0 Å². The molecule has 0 amide bonds. The van der Waals surface area contributed by atoms with Crippen molar-refractivity contribution in [1.29, 1.82) is 0 Å². The Morgan fingerprint density at radius 2 is 2.16 bits per heavy atom. The van der Waals surface area contributed by atoms with E-state index in [4.69, 9.17) is 16.3 Å². The first-order chi connectivity index (χ1) is 9.29. The van der Waals surface area contributed by atoms with Crippen LogP contribution in [0, 0.1) is 0 Å². The van der Waals surface area contributed by atoms with Gasteiger partial charge in [0.25, 0.3) is 0 Å². The maximum atomic E-state index is 5.97. The van der Waals surface area contributed by atoms with Crippen molar-refractivity contribution in [3.8, 4) is 0 Å². The van der Waals surface area contributed by atoms with Crippen LogP contribution in [0.25, 0.3) is 0 Å². The van der Waals surface area contributed by atoms with E-state index in [0.717, 1.165) is 24.7 Å². The Balaban J connectivity index is 1.91. The van der Waals surface area contributed by atoms with E-state index in [1.807, 2.05) is 12.1 Å². The van der Waals surface area contributed by atoms with Crippen molar-refractivity contribution in [2.45, 2.75) is 44.6 Å². The Morgan fingerprint density at radius 1 is 1.37 bits per heavy atom. The van der Waals surface area contributed by atoms with Gasteiger partial charge in [-0.1, -0.05) is 30.7 Å². The Labute approximate surface area is 121 Å². The van der Waals surface area contributed by atoms with Crippen molar-refractivity contribution in [3.05, 3.63) is 34.9 Å². The highest BCUT2D eigenvalue weighted by Gasteiger charge is 2.18. The smallest absolute Gasteiger partial charge is 0.0576 e. The summed E-state index contributed by atoms with van der Waals surface area (Å²) < 4.78 is 5.72. The summed E-state index contributed by atoms with van der Waals surface area (Å²) in [6.07, 6.45) is 5.28. The standard InChI is InChI=1S/C16H24ClNO/c1-2-18-12-14(7-10-16-4-3-11-19-16)13-5-8-15(17)9-6-13/h5-6,8-9,14,16,18H,2-4,7,10-12H2,1H3. The number of likely N-dealkylation sites (N-methyl/N-ethyl adjacent to an activating group) is 1. The number of benzene rings is 1. The second-order valence-electron chi connectivity index (χ2n) is 5.27. The highest BCUT2D eigenvalue weighted by molar-refractivity contribution is 6.30. The van der Waals surface area contributed by atoms with Gasteiger partial charge in [0.05, 0.1) is 6.10 Å². The van der Waals surface area contributed by atoms with Crippen LogP contribution in [0.2, 0.25) is 5.02 Å². The molecule has 19 heavy (non-hydrogen) atoms. The van der Waals surface area contributed by atoms with E-state index in [9.17, 15) is 0 Å². The summed E-state index contributed by atoms with van der Waals surface area (Å²) in [6.45, 7) is 5.15. The largest absolute Gasteiger partial charge is 0.378 e. The van der Waals surface area contributed by atoms with Crippen LogP contribution in [0.5, 0.6) is 0 Å². The molecule has 1 saturated heterocycles. The Bertz CT molecular complexity index is 360. The van der Waals surface area contributed by atoms with Crippen molar-refractivity contribution in [2.24, 2.45) is 0 Å². The Kier molecular flexibility index (Phi) is 6.15. The zero-order valence-corrected chi connectivity index (χ0v) is 12.5. The molecule has 1 heterocycles. The highest BCUT2D eigenvalue weighted by Crippen LogP contribution is 2.26. The minimum atomic E-state index is 0.483. The summed E-state index contributed by atoms with van der Waals surface area (Å²) in [5, 5.41) is 4.27. The first-order valence-electron chi connectivity index (χ1n) is 7.37. The van der Waals surface area contributed by atoms with Crippen LogP contribution in [-0.4, -0.2) is 25.8 Å². The van der Waals surface area contributed by atoms with Gasteiger partial charge < -0.3 is 10.1 Å². The van der Waals surface area contributed by atoms with Crippen LogP contribution in [0.1, 0.15) is 44.1 Å². The predicted molar refractivity (Wildman–Crippen MR) is 80.9 cm³/mol. The summed E-state index contributed by atoms with van der Waals surface area (Å²) in [5.41, 5.74) is 1.38. The Hall–Kier alpha value is -0.570. The molecule has 2 atom stereocenters. The van der Waals surface area contributed by atoms with E-state index in [2.05, 4.69) is 24.4 Å². The molecule has 2 unspecified atom stereocenters. The van der Waals surface area contributed by atoms with Crippen molar-refractivity contribution >= 4 is 11.6 Å². The van der Waals surface area contributed by atoms with Gasteiger partial charge in [-0.05, 0) is 55.8 Å². The molecule has 1 aromatic rings. The Morgan fingerprint density at radius 3 is 2.79 bits per heavy atom. The van der Waals surface area contributed by atoms with Crippen molar-refractivity contribution in [2.75, 3.05) is 19.7 Å². The molecule has 0 spiro atoms. The summed E-state index contributed by atoms with van der Waals surface area (Å²) in [5.74, 6) is 0.557. The van der Waals surface area contributed by atoms with E-state index in [1.54, 1.807) is 0 Å². The summed E-state index contributed by atoms with van der Waals surface area (Å²) >= 11 is 5.97. The molecule has 1 N–H and O–H groups in total. The minimum Gasteiger partial charge on any atom is -0.378 e. The molecule has 1 aliphatic heterocycles. The van der Waals surface area contributed by atoms with E-state index < -0.39 is 0 Å². The molecule has 1 fully saturated rings. The van der Waals surface area contributed by atoms with Crippen LogP contribution in [0.4, 0.5) is 0 Å². The van der Waals surface area contributed by atoms with E-state index in [0.29, 0.717) is 12.0 Å². The average Bonchev–Trinajstić information content (AvgIpc) is 2.93. The van der Waals surface area contributed by atoms with Gasteiger partial charge in [0.2, 0.25) is 0 Å². The summed E-state index contributed by atoms with van der Waals surface area (Å²) in [4.78, 5) is 0. The van der Waals surface area contributed by atoms with Gasteiger partial charge >= 0.3 is 0 Å². The molecule has 1 aromatic carbocycles. The number of rotatable bonds is 7. The fourth-order valence-corrected chi connectivity index (χ4v) is 2.83. The third-order valence-corrected chi connectivity index (χ3v) is 4.10. The molecule has 0 aliphatic carbocycles. The topological polar surface area (TPSA) is 21.3 Å². The summed E-state index contributed by atoms with van der Waals surface area (Å²) in [7, 11) is 0. The van der Waals surface area contributed by atoms with Crippen LogP contribution in [0.3, 0.4) is 0 Å². The normalized spacial score (nSPS) is 20.6. The summed E-state index contributed by atoms with van der Waals surface area (Å²) in [6, 6.07) is 8.28. The monoisotopic (exact) mass is 281 g/mol. The number of halogens is 1. The van der Waals surface area contributed by atoms with Gasteiger partial charge in [-0.2, -0.15) is 0 Å². The fraction of sp³-hybridized carbons (Fsp3) is 0.625. The van der Waals surface area contributed by atoms with Gasteiger partial charge in [0.1, 0.15) is 0 Å². The number of hydrogen-bond acceptors (Lipinski definition) is 2. The number of hydrogen-bond donors (Lipinski definition) is 1. The van der Waals surface area contributed by atoms with Gasteiger partial charge in [0, 0.05) is 18.2 Å². The molecule has 0 bridgehead atoms. The third-order valence-electron chi connectivity index (χ3n) is 3.84. The number of nitrogens with one attached hydrogen (secondary N) is 1. The molecule has 1 aliphatic rings. The number of ether oxygens (including phenoxy) is 1. The maximum Gasteiger partial charge on any atom is 0.0576 e. The lowest BCUT2D eigenvalue weighted by Crippen LogP contribution is -2.22. The maximum absolute atomic E-state index is 5.97. The van der Waals surface area contributed by atoms with Gasteiger partial charge in [-0.3, -0.25) is 0 Å². The van der Waals surface area contributed by atoms with Crippen molar-refractivity contribution in [1.82, 2.24) is 5.32 Å². The van der Waals surface area contributed by atoms with Crippen molar-refractivity contribution in [3.63, 3.8) is 0 Å². The quantitative estimate of drug-likeness (QED) is 0.816. The molecule has 106 valence electrons. The zero-order valence-electron chi connectivity index (χ0n) is 11.7. The average molecular weight is 282 g/mol. The first-order valence-corrected chi connectivity index (χ1v) is 7.75. The lowest BCUT2D eigenvalue weighted by atomic mass is 9.92. The second kappa shape index (κ2) is 7.88. The molecule has 0 aromatic heterocycles. The lowest BCUT2D eigenvalue weighted by Gasteiger charge is -2.19. The zero-order chi connectivity index (χ0) is 13.5. The van der Waals surface area contributed by atoms with Gasteiger partial charge in [-0.15, -0.1) is 0 Å². The van der Waals surface area contributed by atoms with Crippen LogP contribution >= 0.6 is 11.6 Å². The molecule has 2 rings (SSSR count). The van der Waals surface area contributed by atoms with E-state index in [1.165, 1.54) is 31.2 Å². The third kappa shape index (κ3) is 4.79. The van der Waals surface area contributed by atoms with Crippen molar-refractivity contribution < 1.29 is 4.74 Å². The fourth-order valence-electron chi connectivity index (χ4n) is 2.70. The van der Waals surface area contributed by atoms with E-state index in [-0.39, 0.29) is 0 Å². The minimum absolute atomic E-state index is 0.483. The molecule has 0 saturated carbocycles. The molecule has 3 heteroatoms. The lowest BCUT2D eigenvalue weighted by molar-refractivity contribution is 0.101. The first kappa shape index (κ1) is 14.8.